The van der Waals surface area contributed by atoms with Crippen molar-refractivity contribution in [3.8, 4) is 0 Å². The minimum absolute atomic E-state index is 0. The Morgan fingerprint density at radius 3 is 2.77 bits per heavy atom. The van der Waals surface area contributed by atoms with E-state index in [4.69, 9.17) is 5.73 Å². The summed E-state index contributed by atoms with van der Waals surface area (Å²) in [5, 5.41) is 0.915. The summed E-state index contributed by atoms with van der Waals surface area (Å²) in [6, 6.07) is 5.91. The van der Waals surface area contributed by atoms with Gasteiger partial charge >= 0.3 is 0 Å². The molecule has 13 heavy (non-hydrogen) atoms. The molecule has 2 N–H and O–H groups in total. The zero-order valence-corrected chi connectivity index (χ0v) is 9.54. The highest BCUT2D eigenvalue weighted by Crippen LogP contribution is 2.18. The quantitative estimate of drug-likeness (QED) is 0.759. The van der Waals surface area contributed by atoms with Gasteiger partial charge in [-0.3, -0.25) is 0 Å². The van der Waals surface area contributed by atoms with Crippen molar-refractivity contribution in [1.29, 1.82) is 0 Å². The van der Waals surface area contributed by atoms with Gasteiger partial charge in [0.15, 0.2) is 0 Å². The molecular weight excluding hydrogens is 300 g/mol. The first-order chi connectivity index (χ1) is 5.77. The lowest BCUT2D eigenvalue weighted by Gasteiger charge is -1.98. The molecule has 1 aromatic carbocycles. The van der Waals surface area contributed by atoms with Crippen LogP contribution < -0.4 is 5.73 Å². The summed E-state index contributed by atoms with van der Waals surface area (Å²) in [5.41, 5.74) is 6.55. The molecule has 0 saturated carbocycles. The van der Waals surface area contributed by atoms with Crippen LogP contribution in [-0.4, -0.2) is 9.97 Å². The second-order valence-corrected chi connectivity index (χ2v) is 3.67. The van der Waals surface area contributed by atoms with Gasteiger partial charge in [0.05, 0.1) is 5.52 Å². The van der Waals surface area contributed by atoms with Crippen LogP contribution in [-0.2, 0) is 0 Å². The predicted octanol–water partition coefficient (Wildman–Crippen LogP) is 2.24. The maximum atomic E-state index is 5.65. The van der Waals surface area contributed by atoms with Crippen molar-refractivity contribution in [2.45, 2.75) is 0 Å². The Bertz CT molecular complexity index is 433. The largest absolute Gasteiger partial charge is 0.383 e. The van der Waals surface area contributed by atoms with E-state index in [2.05, 4.69) is 32.6 Å². The van der Waals surface area contributed by atoms with Crippen molar-refractivity contribution >= 4 is 51.7 Å². The average Bonchev–Trinajstić information content (AvgIpc) is 2.04. The fourth-order valence-electron chi connectivity index (χ4n) is 1.05. The van der Waals surface area contributed by atoms with E-state index >= 15 is 0 Å². The van der Waals surface area contributed by atoms with E-state index in [-0.39, 0.29) is 12.4 Å². The van der Waals surface area contributed by atoms with Gasteiger partial charge in [0.2, 0.25) is 0 Å². The Hall–Kier alpha value is -0.620. The first-order valence-corrected chi connectivity index (χ1v) is 4.51. The number of hydrogen-bond donors (Lipinski definition) is 1. The molecule has 5 heteroatoms. The molecular formula is C8H7ClIN3. The van der Waals surface area contributed by atoms with E-state index in [1.54, 1.807) is 0 Å². The van der Waals surface area contributed by atoms with Crippen LogP contribution in [0, 0.1) is 3.57 Å². The summed E-state index contributed by atoms with van der Waals surface area (Å²) < 4.78 is 1.15. The number of nitrogen functional groups attached to an aromatic ring is 1. The van der Waals surface area contributed by atoms with E-state index in [1.165, 1.54) is 6.33 Å². The van der Waals surface area contributed by atoms with Gasteiger partial charge in [-0.05, 0) is 40.8 Å². The van der Waals surface area contributed by atoms with Crippen LogP contribution in [0.4, 0.5) is 5.82 Å². The third kappa shape index (κ3) is 2.00. The van der Waals surface area contributed by atoms with Gasteiger partial charge in [-0.2, -0.15) is 0 Å². The molecule has 0 fully saturated rings. The zero-order chi connectivity index (χ0) is 8.55. The smallest absolute Gasteiger partial charge is 0.134 e. The Labute approximate surface area is 95.3 Å². The summed E-state index contributed by atoms with van der Waals surface area (Å²) in [5.74, 6) is 0.538. The third-order valence-electron chi connectivity index (χ3n) is 1.63. The third-order valence-corrected chi connectivity index (χ3v) is 2.30. The number of benzene rings is 1. The molecule has 0 saturated heterocycles. The molecule has 1 heterocycles. The molecule has 0 spiro atoms. The van der Waals surface area contributed by atoms with Gasteiger partial charge in [0.25, 0.3) is 0 Å². The van der Waals surface area contributed by atoms with E-state index in [1.807, 2.05) is 18.2 Å². The second kappa shape index (κ2) is 4.06. The highest BCUT2D eigenvalue weighted by Gasteiger charge is 1.98. The Balaban J connectivity index is 0.000000845. The minimum atomic E-state index is 0. The van der Waals surface area contributed by atoms with Crippen molar-refractivity contribution in [3.05, 3.63) is 28.1 Å². The van der Waals surface area contributed by atoms with Crippen LogP contribution in [0.1, 0.15) is 0 Å². The van der Waals surface area contributed by atoms with E-state index < -0.39 is 0 Å². The normalized spacial score (nSPS) is 9.62. The number of halogens is 2. The summed E-state index contributed by atoms with van der Waals surface area (Å²) in [7, 11) is 0. The maximum absolute atomic E-state index is 5.65. The van der Waals surface area contributed by atoms with Crippen molar-refractivity contribution in [1.82, 2.24) is 9.97 Å². The number of anilines is 1. The lowest BCUT2D eigenvalue weighted by atomic mass is 10.2. The predicted molar refractivity (Wildman–Crippen MR) is 63.9 cm³/mol. The van der Waals surface area contributed by atoms with Crippen LogP contribution >= 0.6 is 35.0 Å². The summed E-state index contributed by atoms with van der Waals surface area (Å²) in [6.45, 7) is 0. The molecule has 2 aromatic rings. The van der Waals surface area contributed by atoms with Crippen molar-refractivity contribution in [3.63, 3.8) is 0 Å². The Morgan fingerprint density at radius 2 is 2.00 bits per heavy atom. The first kappa shape index (κ1) is 10.5. The van der Waals surface area contributed by atoms with Gasteiger partial charge in [0, 0.05) is 8.96 Å². The zero-order valence-electron chi connectivity index (χ0n) is 6.57. The van der Waals surface area contributed by atoms with Crippen LogP contribution in [0.15, 0.2) is 24.5 Å². The fraction of sp³-hybridized carbons (Fsp3) is 0. The van der Waals surface area contributed by atoms with E-state index in [0.717, 1.165) is 14.5 Å². The molecule has 0 aliphatic carbocycles. The molecule has 0 unspecified atom stereocenters. The number of fused-ring (bicyclic) bond motifs is 1. The molecule has 0 atom stereocenters. The van der Waals surface area contributed by atoms with Gasteiger partial charge in [-0.15, -0.1) is 12.4 Å². The maximum Gasteiger partial charge on any atom is 0.134 e. The Morgan fingerprint density at radius 1 is 1.23 bits per heavy atom. The number of nitrogens with two attached hydrogens (primary N) is 1. The second-order valence-electron chi connectivity index (χ2n) is 2.42. The van der Waals surface area contributed by atoms with Crippen molar-refractivity contribution < 1.29 is 0 Å². The van der Waals surface area contributed by atoms with Crippen LogP contribution in [0.2, 0.25) is 0 Å². The van der Waals surface area contributed by atoms with Gasteiger partial charge in [-0.25, -0.2) is 9.97 Å². The first-order valence-electron chi connectivity index (χ1n) is 3.43. The van der Waals surface area contributed by atoms with Crippen LogP contribution in [0.5, 0.6) is 0 Å². The van der Waals surface area contributed by atoms with E-state index in [9.17, 15) is 0 Å². The monoisotopic (exact) mass is 307 g/mol. The van der Waals surface area contributed by atoms with Gasteiger partial charge in [0.1, 0.15) is 12.1 Å². The highest BCUT2D eigenvalue weighted by atomic mass is 127. The highest BCUT2D eigenvalue weighted by molar-refractivity contribution is 14.1. The molecule has 1 aromatic heterocycles. The number of nitrogens with zero attached hydrogens (tertiary/aromatic N) is 2. The van der Waals surface area contributed by atoms with E-state index in [0.29, 0.717) is 5.82 Å². The van der Waals surface area contributed by atoms with Crippen molar-refractivity contribution in [2.24, 2.45) is 0 Å². The lowest BCUT2D eigenvalue weighted by molar-refractivity contribution is 1.23. The molecule has 0 amide bonds. The molecule has 68 valence electrons. The number of rotatable bonds is 0. The van der Waals surface area contributed by atoms with Gasteiger partial charge < -0.3 is 5.73 Å². The summed E-state index contributed by atoms with van der Waals surface area (Å²) in [4.78, 5) is 8.01. The van der Waals surface area contributed by atoms with Crippen LogP contribution in [0.3, 0.4) is 0 Å². The molecule has 0 aliphatic heterocycles. The molecule has 0 bridgehead atoms. The lowest BCUT2D eigenvalue weighted by Crippen LogP contribution is -1.92. The molecule has 3 nitrogen and oxygen atoms in total. The molecule has 2 rings (SSSR count). The minimum Gasteiger partial charge on any atom is -0.383 e. The standard InChI is InChI=1S/C8H6IN3.ClH/c9-5-1-2-6-7(3-5)11-4-12-8(6)10;/h1-4H,(H2,10,11,12);1H. The van der Waals surface area contributed by atoms with Crippen molar-refractivity contribution in [2.75, 3.05) is 5.73 Å². The molecule has 0 aliphatic rings. The van der Waals surface area contributed by atoms with Gasteiger partial charge in [-0.1, -0.05) is 0 Å². The van der Waals surface area contributed by atoms with Crippen LogP contribution in [0.25, 0.3) is 10.9 Å². The molecule has 0 radical (unpaired) electrons. The SMILES string of the molecule is Cl.Nc1ncnc2cc(I)ccc12. The average molecular weight is 308 g/mol. The topological polar surface area (TPSA) is 51.8 Å². The Kier molecular flexibility index (Phi) is 3.27. The fourth-order valence-corrected chi connectivity index (χ4v) is 1.53. The summed E-state index contributed by atoms with van der Waals surface area (Å²) >= 11 is 2.24. The number of hydrogen-bond acceptors (Lipinski definition) is 3. The number of aromatic nitrogens is 2. The summed E-state index contributed by atoms with van der Waals surface area (Å²) in [6.07, 6.45) is 1.48.